The van der Waals surface area contributed by atoms with Crippen LogP contribution in [0.25, 0.3) is 11.3 Å². The molecule has 0 spiro atoms. The van der Waals surface area contributed by atoms with Crippen LogP contribution in [0.5, 0.6) is 0 Å². The van der Waals surface area contributed by atoms with Gasteiger partial charge < -0.3 is 10.1 Å². The molecular formula is C28H30N4O3S. The summed E-state index contributed by atoms with van der Waals surface area (Å²) in [5.41, 5.74) is 2.75. The van der Waals surface area contributed by atoms with Crippen LogP contribution in [0, 0.1) is 0 Å². The van der Waals surface area contributed by atoms with Gasteiger partial charge in [0.25, 0.3) is 5.91 Å². The van der Waals surface area contributed by atoms with Gasteiger partial charge in [-0.2, -0.15) is 0 Å². The number of carbonyl (C=O) groups is 1. The van der Waals surface area contributed by atoms with Crippen molar-refractivity contribution in [3.8, 4) is 11.3 Å². The van der Waals surface area contributed by atoms with E-state index in [1.54, 1.807) is 20.5 Å². The number of morpholine rings is 1. The summed E-state index contributed by atoms with van der Waals surface area (Å²) in [5, 5.41) is 5.07. The van der Waals surface area contributed by atoms with Crippen molar-refractivity contribution >= 4 is 17.2 Å². The van der Waals surface area contributed by atoms with Gasteiger partial charge in [-0.25, -0.2) is 4.79 Å². The first-order valence-corrected chi connectivity index (χ1v) is 13.1. The van der Waals surface area contributed by atoms with E-state index in [9.17, 15) is 9.59 Å². The molecule has 1 aliphatic rings. The molecule has 1 saturated heterocycles. The van der Waals surface area contributed by atoms with E-state index in [2.05, 4.69) is 10.2 Å². The van der Waals surface area contributed by atoms with E-state index < -0.39 is 0 Å². The lowest BCUT2D eigenvalue weighted by Crippen LogP contribution is -2.40. The van der Waals surface area contributed by atoms with Crippen LogP contribution >= 0.6 is 11.3 Å². The highest BCUT2D eigenvalue weighted by molar-refractivity contribution is 7.09. The number of imidazole rings is 1. The first kappa shape index (κ1) is 24.2. The number of nitrogens with one attached hydrogen (secondary N) is 1. The van der Waals surface area contributed by atoms with E-state index in [1.165, 1.54) is 0 Å². The van der Waals surface area contributed by atoms with Crippen molar-refractivity contribution in [2.75, 3.05) is 32.8 Å². The number of rotatable bonds is 9. The minimum absolute atomic E-state index is 0.166. The van der Waals surface area contributed by atoms with Gasteiger partial charge in [0.15, 0.2) is 0 Å². The Morgan fingerprint density at radius 2 is 1.61 bits per heavy atom. The summed E-state index contributed by atoms with van der Waals surface area (Å²) >= 11 is 1.61. The molecular weight excluding hydrogens is 472 g/mol. The third kappa shape index (κ3) is 5.51. The first-order chi connectivity index (χ1) is 17.7. The van der Waals surface area contributed by atoms with E-state index in [0.717, 1.165) is 29.1 Å². The highest BCUT2D eigenvalue weighted by Gasteiger charge is 2.27. The van der Waals surface area contributed by atoms with Crippen LogP contribution in [0.4, 0.5) is 0 Å². The molecule has 8 heteroatoms. The fraction of sp³-hybridized carbons (Fsp3) is 0.286. The predicted molar refractivity (Wildman–Crippen MR) is 142 cm³/mol. The second kappa shape index (κ2) is 11.5. The third-order valence-corrected chi connectivity index (χ3v) is 7.28. The van der Waals surface area contributed by atoms with Gasteiger partial charge in [-0.3, -0.25) is 18.8 Å². The van der Waals surface area contributed by atoms with Crippen LogP contribution in [-0.2, 0) is 24.4 Å². The van der Waals surface area contributed by atoms with E-state index >= 15 is 0 Å². The minimum atomic E-state index is -0.248. The molecule has 186 valence electrons. The molecule has 0 bridgehead atoms. The fourth-order valence-corrected chi connectivity index (χ4v) is 5.24. The Bertz CT molecular complexity index is 1320. The Morgan fingerprint density at radius 3 is 2.31 bits per heavy atom. The van der Waals surface area contributed by atoms with Gasteiger partial charge in [0.2, 0.25) is 0 Å². The molecule has 1 N–H and O–H groups in total. The van der Waals surface area contributed by atoms with E-state index in [4.69, 9.17) is 4.74 Å². The maximum atomic E-state index is 13.9. The molecule has 4 aromatic rings. The summed E-state index contributed by atoms with van der Waals surface area (Å²) in [7, 11) is 0. The largest absolute Gasteiger partial charge is 0.379 e. The number of thiophene rings is 1. The zero-order chi connectivity index (χ0) is 24.7. The molecule has 0 atom stereocenters. The first-order valence-electron chi connectivity index (χ1n) is 12.2. The van der Waals surface area contributed by atoms with Crippen LogP contribution in [-0.4, -0.2) is 52.8 Å². The third-order valence-electron chi connectivity index (χ3n) is 6.42. The number of aromatic nitrogens is 2. The van der Waals surface area contributed by atoms with Gasteiger partial charge in [-0.15, -0.1) is 11.3 Å². The fourth-order valence-electron chi connectivity index (χ4n) is 4.55. The molecule has 0 radical (unpaired) electrons. The Hall–Kier alpha value is -3.46. The lowest BCUT2D eigenvalue weighted by atomic mass is 10.1. The van der Waals surface area contributed by atoms with Gasteiger partial charge in [0.05, 0.1) is 25.5 Å². The molecule has 1 aliphatic heterocycles. The number of hydrogen-bond donors (Lipinski definition) is 1. The average molecular weight is 503 g/mol. The predicted octanol–water partition coefficient (Wildman–Crippen LogP) is 3.69. The van der Waals surface area contributed by atoms with Gasteiger partial charge >= 0.3 is 5.69 Å². The lowest BCUT2D eigenvalue weighted by Gasteiger charge is -2.26. The summed E-state index contributed by atoms with van der Waals surface area (Å²) in [6.07, 6.45) is 0. The van der Waals surface area contributed by atoms with Gasteiger partial charge in [0.1, 0.15) is 5.69 Å². The minimum Gasteiger partial charge on any atom is -0.379 e. The molecule has 3 heterocycles. The Labute approximate surface area is 214 Å². The van der Waals surface area contributed by atoms with E-state index in [0.29, 0.717) is 50.8 Å². The van der Waals surface area contributed by atoms with Crippen molar-refractivity contribution in [2.24, 2.45) is 0 Å². The maximum absolute atomic E-state index is 13.9. The second-order valence-electron chi connectivity index (χ2n) is 8.79. The maximum Gasteiger partial charge on any atom is 0.329 e. The molecule has 1 fully saturated rings. The Balaban J connectivity index is 1.56. The molecule has 0 aliphatic carbocycles. The molecule has 2 aromatic heterocycles. The second-order valence-corrected chi connectivity index (χ2v) is 9.82. The number of amides is 1. The summed E-state index contributed by atoms with van der Waals surface area (Å²) in [6, 6.07) is 23.5. The van der Waals surface area contributed by atoms with Crippen molar-refractivity contribution in [1.29, 1.82) is 0 Å². The molecule has 0 unspecified atom stereocenters. The van der Waals surface area contributed by atoms with Crippen molar-refractivity contribution in [1.82, 2.24) is 19.4 Å². The van der Waals surface area contributed by atoms with Crippen LogP contribution < -0.4 is 11.0 Å². The van der Waals surface area contributed by atoms with Crippen molar-refractivity contribution in [2.45, 2.75) is 19.6 Å². The van der Waals surface area contributed by atoms with Crippen molar-refractivity contribution < 1.29 is 9.53 Å². The smallest absolute Gasteiger partial charge is 0.329 e. The molecule has 36 heavy (non-hydrogen) atoms. The molecule has 2 aromatic carbocycles. The van der Waals surface area contributed by atoms with Crippen LogP contribution in [0.15, 0.2) is 83.0 Å². The lowest BCUT2D eigenvalue weighted by molar-refractivity contribution is 0.0361. The van der Waals surface area contributed by atoms with Crippen molar-refractivity contribution in [3.05, 3.63) is 105 Å². The average Bonchev–Trinajstić information content (AvgIpc) is 3.54. The number of hydrogen-bond acceptors (Lipinski definition) is 5. The highest BCUT2D eigenvalue weighted by Crippen LogP contribution is 2.25. The van der Waals surface area contributed by atoms with Gasteiger partial charge in [-0.05, 0) is 17.0 Å². The Kier molecular flexibility index (Phi) is 7.76. The number of nitrogens with zero attached hydrogens (tertiary/aromatic N) is 3. The molecule has 7 nitrogen and oxygen atoms in total. The van der Waals surface area contributed by atoms with Crippen molar-refractivity contribution in [3.63, 3.8) is 0 Å². The molecule has 1 amide bonds. The highest BCUT2D eigenvalue weighted by atomic mass is 32.1. The molecule has 5 rings (SSSR count). The summed E-state index contributed by atoms with van der Waals surface area (Å²) in [6.45, 7) is 4.95. The topological polar surface area (TPSA) is 68.5 Å². The standard InChI is InChI=1S/C28H30N4O3S/c33-27(29-20-22-8-3-1-4-9-22)26-25(23-10-5-2-6-11-23)32(21-24-12-7-19-36-24)28(34)31(26)14-13-30-15-17-35-18-16-30/h1-12,19H,13-18,20-21H2,(H,29,33). The zero-order valence-electron chi connectivity index (χ0n) is 20.1. The Morgan fingerprint density at radius 1 is 0.889 bits per heavy atom. The van der Waals surface area contributed by atoms with Crippen LogP contribution in [0.3, 0.4) is 0 Å². The van der Waals surface area contributed by atoms with Crippen LogP contribution in [0.1, 0.15) is 20.9 Å². The summed E-state index contributed by atoms with van der Waals surface area (Å²) < 4.78 is 8.88. The van der Waals surface area contributed by atoms with Gasteiger partial charge in [0, 0.05) is 43.2 Å². The SMILES string of the molecule is O=C(NCc1ccccc1)c1c(-c2ccccc2)n(Cc2cccs2)c(=O)n1CCN1CCOCC1. The number of carbonyl (C=O) groups excluding carboxylic acids is 1. The molecule has 0 saturated carbocycles. The van der Waals surface area contributed by atoms with E-state index in [-0.39, 0.29) is 11.6 Å². The summed E-state index contributed by atoms with van der Waals surface area (Å²) in [4.78, 5) is 30.9. The number of ether oxygens (including phenoxy) is 1. The quantitative estimate of drug-likeness (QED) is 0.379. The van der Waals surface area contributed by atoms with E-state index in [1.807, 2.05) is 78.2 Å². The van der Waals surface area contributed by atoms with Crippen LogP contribution in [0.2, 0.25) is 0 Å². The monoisotopic (exact) mass is 502 g/mol. The normalized spacial score (nSPS) is 14.1. The number of benzene rings is 2. The summed E-state index contributed by atoms with van der Waals surface area (Å²) in [5.74, 6) is -0.248. The van der Waals surface area contributed by atoms with Gasteiger partial charge in [-0.1, -0.05) is 66.7 Å². The zero-order valence-corrected chi connectivity index (χ0v) is 21.0.